The second kappa shape index (κ2) is 4.33. The number of nitrogens with zero attached hydrogens (tertiary/aromatic N) is 1. The van der Waals surface area contributed by atoms with Gasteiger partial charge in [0.25, 0.3) is 5.91 Å². The molecule has 1 aliphatic heterocycles. The molecule has 1 atom stereocenters. The first-order valence-corrected chi connectivity index (χ1v) is 7.12. The Morgan fingerprint density at radius 1 is 1.30 bits per heavy atom. The molecule has 106 valence electrons. The van der Waals surface area contributed by atoms with Crippen molar-refractivity contribution in [2.24, 2.45) is 5.92 Å². The molecule has 3 rings (SSSR count). The third kappa shape index (κ3) is 1.99. The summed E-state index contributed by atoms with van der Waals surface area (Å²) in [4.78, 5) is 26.1. The van der Waals surface area contributed by atoms with Crippen molar-refractivity contribution in [1.82, 2.24) is 10.2 Å². The third-order valence-corrected chi connectivity index (χ3v) is 4.53. The number of carbonyl (C=O) groups excluding carboxylic acids is 2. The highest BCUT2D eigenvalue weighted by molar-refractivity contribution is 6.07. The van der Waals surface area contributed by atoms with Gasteiger partial charge in [-0.1, -0.05) is 23.8 Å². The summed E-state index contributed by atoms with van der Waals surface area (Å²) >= 11 is 0. The van der Waals surface area contributed by atoms with Crippen LogP contribution in [0, 0.1) is 19.8 Å². The minimum absolute atomic E-state index is 0.0779. The molecule has 0 spiro atoms. The van der Waals surface area contributed by atoms with Crippen LogP contribution in [-0.4, -0.2) is 22.4 Å². The van der Waals surface area contributed by atoms with Gasteiger partial charge in [-0.25, -0.2) is 4.79 Å². The van der Waals surface area contributed by atoms with Gasteiger partial charge < -0.3 is 5.32 Å². The van der Waals surface area contributed by atoms with Gasteiger partial charge in [-0.3, -0.25) is 9.69 Å². The van der Waals surface area contributed by atoms with E-state index in [-0.39, 0.29) is 11.9 Å². The highest BCUT2D eigenvalue weighted by Crippen LogP contribution is 2.42. The summed E-state index contributed by atoms with van der Waals surface area (Å²) in [6.07, 6.45) is 2.06. The second-order valence-electron chi connectivity index (χ2n) is 6.23. The van der Waals surface area contributed by atoms with Crippen molar-refractivity contribution in [1.29, 1.82) is 0 Å². The van der Waals surface area contributed by atoms with Crippen molar-refractivity contribution in [2.75, 3.05) is 0 Å². The largest absolute Gasteiger partial charge is 0.325 e. The lowest BCUT2D eigenvalue weighted by atomic mass is 9.96. The van der Waals surface area contributed by atoms with Crippen LogP contribution < -0.4 is 5.32 Å². The number of carbonyl (C=O) groups is 2. The highest BCUT2D eigenvalue weighted by Gasteiger charge is 2.55. The molecule has 1 aromatic rings. The van der Waals surface area contributed by atoms with E-state index in [9.17, 15) is 9.59 Å². The van der Waals surface area contributed by atoms with Crippen LogP contribution in [0.4, 0.5) is 4.79 Å². The Morgan fingerprint density at radius 2 is 2.00 bits per heavy atom. The summed E-state index contributed by atoms with van der Waals surface area (Å²) in [5, 5.41) is 2.88. The van der Waals surface area contributed by atoms with Gasteiger partial charge in [0.15, 0.2) is 0 Å². The fraction of sp³-hybridized carbons (Fsp3) is 0.500. The normalized spacial score (nSPS) is 26.1. The zero-order valence-electron chi connectivity index (χ0n) is 12.2. The average Bonchev–Trinajstić information content (AvgIpc) is 3.20. The van der Waals surface area contributed by atoms with Crippen LogP contribution in [-0.2, 0) is 11.3 Å². The van der Waals surface area contributed by atoms with E-state index in [1.165, 1.54) is 4.90 Å². The molecule has 1 N–H and O–H groups in total. The van der Waals surface area contributed by atoms with Gasteiger partial charge >= 0.3 is 6.03 Å². The quantitative estimate of drug-likeness (QED) is 0.860. The number of benzene rings is 1. The Morgan fingerprint density at radius 3 is 2.65 bits per heavy atom. The predicted octanol–water partition coefficient (Wildman–Crippen LogP) is 2.52. The molecule has 1 heterocycles. The lowest BCUT2D eigenvalue weighted by molar-refractivity contribution is -0.131. The lowest BCUT2D eigenvalue weighted by Gasteiger charge is -2.21. The molecule has 0 bridgehead atoms. The number of aryl methyl sites for hydroxylation is 2. The molecule has 2 aliphatic rings. The monoisotopic (exact) mass is 272 g/mol. The summed E-state index contributed by atoms with van der Waals surface area (Å²) in [5.41, 5.74) is 2.60. The van der Waals surface area contributed by atoms with E-state index in [2.05, 4.69) is 5.32 Å². The first-order valence-electron chi connectivity index (χ1n) is 7.12. The fourth-order valence-corrected chi connectivity index (χ4v) is 2.94. The molecule has 1 saturated carbocycles. The number of hydrogen-bond acceptors (Lipinski definition) is 2. The summed E-state index contributed by atoms with van der Waals surface area (Å²) in [6.45, 7) is 6.24. The maximum atomic E-state index is 12.6. The van der Waals surface area contributed by atoms with Crippen LogP contribution in [0.15, 0.2) is 18.2 Å². The molecule has 1 aromatic carbocycles. The van der Waals surface area contributed by atoms with Crippen LogP contribution in [0.1, 0.15) is 36.5 Å². The number of hydrogen-bond donors (Lipinski definition) is 1. The Kier molecular flexibility index (Phi) is 2.85. The van der Waals surface area contributed by atoms with Crippen molar-refractivity contribution >= 4 is 11.9 Å². The Hall–Kier alpha value is -1.84. The second-order valence-corrected chi connectivity index (χ2v) is 6.23. The molecule has 3 amide bonds. The molecule has 0 aromatic heterocycles. The summed E-state index contributed by atoms with van der Waals surface area (Å²) in [7, 11) is 0. The van der Waals surface area contributed by atoms with Crippen molar-refractivity contribution in [3.8, 4) is 0 Å². The van der Waals surface area contributed by atoms with Crippen LogP contribution in [0.3, 0.4) is 0 Å². The van der Waals surface area contributed by atoms with Gasteiger partial charge in [0.05, 0.1) is 6.54 Å². The zero-order chi connectivity index (χ0) is 14.5. The Bertz CT molecular complexity index is 592. The van der Waals surface area contributed by atoms with Gasteiger partial charge in [-0.05, 0) is 50.7 Å². The van der Waals surface area contributed by atoms with Crippen LogP contribution in [0.25, 0.3) is 0 Å². The van der Waals surface area contributed by atoms with Gasteiger partial charge in [0.2, 0.25) is 0 Å². The van der Waals surface area contributed by atoms with Gasteiger partial charge in [0, 0.05) is 0 Å². The molecule has 20 heavy (non-hydrogen) atoms. The molecule has 2 fully saturated rings. The average molecular weight is 272 g/mol. The Balaban J connectivity index is 1.85. The van der Waals surface area contributed by atoms with Gasteiger partial charge in [0.1, 0.15) is 5.54 Å². The van der Waals surface area contributed by atoms with E-state index < -0.39 is 5.54 Å². The van der Waals surface area contributed by atoms with Gasteiger partial charge in [-0.15, -0.1) is 0 Å². The van der Waals surface area contributed by atoms with E-state index in [0.717, 1.165) is 29.5 Å². The van der Waals surface area contributed by atoms with Crippen LogP contribution in [0.2, 0.25) is 0 Å². The van der Waals surface area contributed by atoms with E-state index in [4.69, 9.17) is 0 Å². The molecule has 4 heteroatoms. The van der Waals surface area contributed by atoms with Crippen molar-refractivity contribution in [3.05, 3.63) is 34.9 Å². The van der Waals surface area contributed by atoms with E-state index in [1.54, 1.807) is 0 Å². The smallest absolute Gasteiger partial charge is 0.323 e. The minimum Gasteiger partial charge on any atom is -0.323 e. The summed E-state index contributed by atoms with van der Waals surface area (Å²) in [6, 6.07) is 5.86. The molecule has 4 nitrogen and oxygen atoms in total. The third-order valence-electron chi connectivity index (χ3n) is 4.53. The van der Waals surface area contributed by atoms with E-state index in [0.29, 0.717) is 12.5 Å². The fourth-order valence-electron chi connectivity index (χ4n) is 2.94. The highest BCUT2D eigenvalue weighted by atomic mass is 16.2. The van der Waals surface area contributed by atoms with Crippen molar-refractivity contribution in [2.45, 2.75) is 45.7 Å². The number of urea groups is 1. The number of imide groups is 1. The lowest BCUT2D eigenvalue weighted by Crippen LogP contribution is -2.46. The standard InChI is InChI=1S/C16H20N2O2/c1-10-4-5-11(2)12(8-10)9-18-14(19)16(3,13-6-7-13)17-15(18)20/h4-5,8,13H,6-7,9H2,1-3H3,(H,17,20). The first-order chi connectivity index (χ1) is 9.41. The SMILES string of the molecule is Cc1ccc(C)c(CN2C(=O)NC(C)(C3CC3)C2=O)c1. The van der Waals surface area contributed by atoms with Crippen LogP contribution >= 0.6 is 0 Å². The van der Waals surface area contributed by atoms with Gasteiger partial charge in [-0.2, -0.15) is 0 Å². The molecule has 1 saturated heterocycles. The van der Waals surface area contributed by atoms with Crippen LogP contribution in [0.5, 0.6) is 0 Å². The maximum absolute atomic E-state index is 12.6. The Labute approximate surface area is 119 Å². The molecule has 1 unspecified atom stereocenters. The first kappa shape index (κ1) is 13.2. The number of nitrogens with one attached hydrogen (secondary N) is 1. The van der Waals surface area contributed by atoms with Crippen molar-refractivity contribution in [3.63, 3.8) is 0 Å². The molecule has 0 radical (unpaired) electrons. The van der Waals surface area contributed by atoms with Crippen molar-refractivity contribution < 1.29 is 9.59 Å². The molecular formula is C16H20N2O2. The van der Waals surface area contributed by atoms with E-state index in [1.807, 2.05) is 39.0 Å². The molecular weight excluding hydrogens is 252 g/mol. The van der Waals surface area contributed by atoms with E-state index >= 15 is 0 Å². The number of rotatable bonds is 3. The number of amides is 3. The topological polar surface area (TPSA) is 49.4 Å². The summed E-state index contributed by atoms with van der Waals surface area (Å²) in [5.74, 6) is 0.230. The zero-order valence-corrected chi connectivity index (χ0v) is 12.2. The predicted molar refractivity (Wildman–Crippen MR) is 76.1 cm³/mol. The minimum atomic E-state index is -0.686. The summed E-state index contributed by atoms with van der Waals surface area (Å²) < 4.78 is 0. The molecule has 1 aliphatic carbocycles. The maximum Gasteiger partial charge on any atom is 0.325 e.